The number of rotatable bonds is 7. The van der Waals surface area contributed by atoms with E-state index in [-0.39, 0.29) is 34.9 Å². The lowest BCUT2D eigenvalue weighted by atomic mass is 10.1. The van der Waals surface area contributed by atoms with Crippen molar-refractivity contribution in [3.8, 4) is 0 Å². The molecule has 2 aromatic rings. The molecular weight excluding hydrogens is 382 g/mol. The van der Waals surface area contributed by atoms with E-state index in [1.54, 1.807) is 39.8 Å². The maximum atomic E-state index is 12.8. The SMILES string of the molecule is CCOC(=O)c1cc(NS(=O)(=O)c2cc(C)ccc2C)cc(C(=O)OCC)c1. The first-order valence-electron chi connectivity index (χ1n) is 8.77. The molecule has 0 atom stereocenters. The second kappa shape index (κ2) is 8.88. The second-order valence-electron chi connectivity index (χ2n) is 6.11. The molecule has 0 amide bonds. The molecule has 0 aliphatic carbocycles. The highest BCUT2D eigenvalue weighted by Crippen LogP contribution is 2.23. The molecule has 0 saturated carbocycles. The van der Waals surface area contributed by atoms with Gasteiger partial charge in [-0.2, -0.15) is 0 Å². The summed E-state index contributed by atoms with van der Waals surface area (Å²) in [6.45, 7) is 7.07. The van der Waals surface area contributed by atoms with E-state index in [9.17, 15) is 18.0 Å². The van der Waals surface area contributed by atoms with Gasteiger partial charge in [0, 0.05) is 0 Å². The second-order valence-corrected chi connectivity index (χ2v) is 7.77. The molecule has 0 fully saturated rings. The van der Waals surface area contributed by atoms with Crippen molar-refractivity contribution >= 4 is 27.6 Å². The Morgan fingerprint density at radius 2 is 1.43 bits per heavy atom. The molecule has 0 unspecified atom stereocenters. The predicted octanol–water partition coefficient (Wildman–Crippen LogP) is 3.46. The number of nitrogens with one attached hydrogen (secondary N) is 1. The predicted molar refractivity (Wildman–Crippen MR) is 105 cm³/mol. The molecule has 7 nitrogen and oxygen atoms in total. The molecular formula is C20H23NO6S. The molecule has 150 valence electrons. The minimum Gasteiger partial charge on any atom is -0.462 e. The van der Waals surface area contributed by atoms with Gasteiger partial charge in [-0.05, 0) is 63.1 Å². The molecule has 0 aliphatic heterocycles. The van der Waals surface area contributed by atoms with E-state index in [1.807, 2.05) is 6.07 Å². The highest BCUT2D eigenvalue weighted by molar-refractivity contribution is 7.92. The topological polar surface area (TPSA) is 98.8 Å². The maximum Gasteiger partial charge on any atom is 0.338 e. The van der Waals surface area contributed by atoms with Gasteiger partial charge in [-0.1, -0.05) is 12.1 Å². The number of carbonyl (C=O) groups is 2. The number of anilines is 1. The van der Waals surface area contributed by atoms with Gasteiger partial charge in [0.05, 0.1) is 34.9 Å². The molecule has 0 aromatic heterocycles. The Kier molecular flexibility index (Phi) is 6.80. The third-order valence-electron chi connectivity index (χ3n) is 3.84. The van der Waals surface area contributed by atoms with Crippen molar-refractivity contribution in [2.45, 2.75) is 32.6 Å². The molecule has 0 bridgehead atoms. The van der Waals surface area contributed by atoms with Gasteiger partial charge >= 0.3 is 11.9 Å². The van der Waals surface area contributed by atoms with Gasteiger partial charge in [-0.25, -0.2) is 18.0 Å². The zero-order valence-electron chi connectivity index (χ0n) is 16.2. The first kappa shape index (κ1) is 21.4. The van der Waals surface area contributed by atoms with Crippen LogP contribution in [0.5, 0.6) is 0 Å². The van der Waals surface area contributed by atoms with Crippen LogP contribution in [0, 0.1) is 13.8 Å². The maximum absolute atomic E-state index is 12.8. The molecule has 28 heavy (non-hydrogen) atoms. The lowest BCUT2D eigenvalue weighted by Gasteiger charge is -2.13. The summed E-state index contributed by atoms with van der Waals surface area (Å²) in [6, 6.07) is 9.04. The molecule has 0 heterocycles. The molecule has 1 N–H and O–H groups in total. The largest absolute Gasteiger partial charge is 0.462 e. The average Bonchev–Trinajstić information content (AvgIpc) is 2.63. The lowest BCUT2D eigenvalue weighted by Crippen LogP contribution is -2.16. The molecule has 0 aliphatic rings. The van der Waals surface area contributed by atoms with Gasteiger partial charge in [-0.15, -0.1) is 0 Å². The normalized spacial score (nSPS) is 11.0. The Bertz CT molecular complexity index is 962. The van der Waals surface area contributed by atoms with Crippen LogP contribution in [0.2, 0.25) is 0 Å². The van der Waals surface area contributed by atoms with Crippen LogP contribution in [-0.4, -0.2) is 33.6 Å². The summed E-state index contributed by atoms with van der Waals surface area (Å²) in [4.78, 5) is 24.3. The monoisotopic (exact) mass is 405 g/mol. The van der Waals surface area contributed by atoms with E-state index in [0.717, 1.165) is 5.56 Å². The van der Waals surface area contributed by atoms with Crippen molar-refractivity contribution in [1.29, 1.82) is 0 Å². The van der Waals surface area contributed by atoms with Crippen LogP contribution in [0.1, 0.15) is 45.7 Å². The van der Waals surface area contributed by atoms with Crippen LogP contribution in [0.25, 0.3) is 0 Å². The van der Waals surface area contributed by atoms with Gasteiger partial charge in [-0.3, -0.25) is 4.72 Å². The highest BCUT2D eigenvalue weighted by atomic mass is 32.2. The van der Waals surface area contributed by atoms with Crippen LogP contribution in [-0.2, 0) is 19.5 Å². The number of esters is 2. The van der Waals surface area contributed by atoms with Crippen molar-refractivity contribution in [2.24, 2.45) is 0 Å². The molecule has 2 rings (SSSR count). The number of benzene rings is 2. The zero-order chi connectivity index (χ0) is 20.9. The smallest absolute Gasteiger partial charge is 0.338 e. The number of sulfonamides is 1. The quantitative estimate of drug-likeness (QED) is 0.709. The van der Waals surface area contributed by atoms with Crippen molar-refractivity contribution < 1.29 is 27.5 Å². The Hall–Kier alpha value is -2.87. The summed E-state index contributed by atoms with van der Waals surface area (Å²) in [6.07, 6.45) is 0. The summed E-state index contributed by atoms with van der Waals surface area (Å²) >= 11 is 0. The van der Waals surface area contributed by atoms with Gasteiger partial charge in [0.15, 0.2) is 0 Å². The summed E-state index contributed by atoms with van der Waals surface area (Å²) in [5.41, 5.74) is 1.52. The van der Waals surface area contributed by atoms with E-state index in [0.29, 0.717) is 5.56 Å². The van der Waals surface area contributed by atoms with Crippen molar-refractivity contribution in [3.05, 3.63) is 58.7 Å². The van der Waals surface area contributed by atoms with Crippen LogP contribution in [0.3, 0.4) is 0 Å². The third kappa shape index (κ3) is 5.10. The summed E-state index contributed by atoms with van der Waals surface area (Å²) in [5, 5.41) is 0. The van der Waals surface area contributed by atoms with Gasteiger partial charge in [0.1, 0.15) is 0 Å². The fourth-order valence-electron chi connectivity index (χ4n) is 2.56. The number of carbonyl (C=O) groups excluding carboxylic acids is 2. The van der Waals surface area contributed by atoms with E-state index >= 15 is 0 Å². The minimum atomic E-state index is -3.93. The van der Waals surface area contributed by atoms with Gasteiger partial charge in [0.2, 0.25) is 0 Å². The number of ether oxygens (including phenoxy) is 2. The van der Waals surface area contributed by atoms with Crippen molar-refractivity contribution in [2.75, 3.05) is 17.9 Å². The summed E-state index contributed by atoms with van der Waals surface area (Å²) in [7, 11) is -3.93. The minimum absolute atomic E-state index is 0.0473. The summed E-state index contributed by atoms with van der Waals surface area (Å²) in [5.74, 6) is -1.33. The van der Waals surface area contributed by atoms with E-state index in [1.165, 1.54) is 18.2 Å². The summed E-state index contributed by atoms with van der Waals surface area (Å²) < 4.78 is 38.0. The van der Waals surface area contributed by atoms with Gasteiger partial charge < -0.3 is 9.47 Å². The number of aryl methyl sites for hydroxylation is 2. The molecule has 8 heteroatoms. The first-order valence-corrected chi connectivity index (χ1v) is 10.3. The van der Waals surface area contributed by atoms with Gasteiger partial charge in [0.25, 0.3) is 10.0 Å². The Morgan fingerprint density at radius 3 is 1.93 bits per heavy atom. The Morgan fingerprint density at radius 1 is 0.893 bits per heavy atom. The first-order chi connectivity index (χ1) is 13.2. The van der Waals surface area contributed by atoms with Crippen LogP contribution in [0.4, 0.5) is 5.69 Å². The Balaban J connectivity index is 2.49. The number of hydrogen-bond donors (Lipinski definition) is 1. The lowest BCUT2D eigenvalue weighted by molar-refractivity contribution is 0.0525. The van der Waals surface area contributed by atoms with Crippen LogP contribution >= 0.6 is 0 Å². The van der Waals surface area contributed by atoms with Crippen LogP contribution in [0.15, 0.2) is 41.3 Å². The number of hydrogen-bond acceptors (Lipinski definition) is 6. The fourth-order valence-corrected chi connectivity index (χ4v) is 3.93. The zero-order valence-corrected chi connectivity index (χ0v) is 17.1. The molecule has 0 radical (unpaired) electrons. The van der Waals surface area contributed by atoms with Crippen molar-refractivity contribution in [1.82, 2.24) is 0 Å². The van der Waals surface area contributed by atoms with Crippen molar-refractivity contribution in [3.63, 3.8) is 0 Å². The van der Waals surface area contributed by atoms with E-state index < -0.39 is 22.0 Å². The molecule has 0 spiro atoms. The average molecular weight is 405 g/mol. The van der Waals surface area contributed by atoms with E-state index in [2.05, 4.69) is 4.72 Å². The standard InChI is InChI=1S/C20H23NO6S/c1-5-26-19(22)15-10-16(20(23)27-6-2)12-17(11-15)21-28(24,25)18-9-13(3)7-8-14(18)4/h7-12,21H,5-6H2,1-4H3. The van der Waals surface area contributed by atoms with Crippen LogP contribution < -0.4 is 4.72 Å². The Labute approximate surface area is 164 Å². The van der Waals surface area contributed by atoms with E-state index in [4.69, 9.17) is 9.47 Å². The molecule has 0 saturated heterocycles. The molecule has 2 aromatic carbocycles. The fraction of sp³-hybridized carbons (Fsp3) is 0.300. The third-order valence-corrected chi connectivity index (χ3v) is 5.36. The highest BCUT2D eigenvalue weighted by Gasteiger charge is 2.20.